The van der Waals surface area contributed by atoms with Crippen LogP contribution >= 0.6 is 11.8 Å². The lowest BCUT2D eigenvalue weighted by atomic mass is 10.5. The molecule has 0 bridgehead atoms. The summed E-state index contributed by atoms with van der Waals surface area (Å²) >= 11 is 1.61. The maximum absolute atomic E-state index is 10.4. The molecule has 0 aromatic heterocycles. The van der Waals surface area contributed by atoms with Crippen LogP contribution in [0.4, 0.5) is 0 Å². The van der Waals surface area contributed by atoms with Gasteiger partial charge in [-0.15, -0.1) is 0 Å². The normalized spacial score (nSPS) is 9.25. The lowest BCUT2D eigenvalue weighted by Crippen LogP contribution is -2.15. The first kappa shape index (κ1) is 7.98. The molecule has 0 amide bonds. The van der Waals surface area contributed by atoms with Crippen molar-refractivity contribution in [3.8, 4) is 0 Å². The van der Waals surface area contributed by atoms with Gasteiger partial charge in [-0.25, -0.2) is 0 Å². The fraction of sp³-hybridized carbons (Fsp3) is 0.800. The highest BCUT2D eigenvalue weighted by molar-refractivity contribution is 7.99. The van der Waals surface area contributed by atoms with E-state index < -0.39 is 0 Å². The van der Waals surface area contributed by atoms with E-state index in [0.717, 1.165) is 5.75 Å². The summed E-state index contributed by atoms with van der Waals surface area (Å²) in [6.07, 6.45) is 0. The van der Waals surface area contributed by atoms with Crippen LogP contribution in [0.2, 0.25) is 0 Å². The standard InChI is InChI=1S/C5H11NOS/c1-2-8-4-5(7)3-6/h2-4,6H2,1H3. The first-order chi connectivity index (χ1) is 3.81. The third kappa shape index (κ3) is 4.15. The Morgan fingerprint density at radius 2 is 2.38 bits per heavy atom. The van der Waals surface area contributed by atoms with Crippen molar-refractivity contribution in [2.75, 3.05) is 18.1 Å². The highest BCUT2D eigenvalue weighted by Gasteiger charge is 1.94. The van der Waals surface area contributed by atoms with Crippen LogP contribution in [0.3, 0.4) is 0 Å². The monoisotopic (exact) mass is 133 g/mol. The van der Waals surface area contributed by atoms with Crippen LogP contribution in [0, 0.1) is 0 Å². The predicted octanol–water partition coefficient (Wildman–Crippen LogP) is 0.267. The molecule has 0 aliphatic rings. The minimum atomic E-state index is 0.136. The summed E-state index contributed by atoms with van der Waals surface area (Å²) in [5, 5.41) is 0. The first-order valence-corrected chi connectivity index (χ1v) is 3.76. The maximum atomic E-state index is 10.4. The van der Waals surface area contributed by atoms with Crippen molar-refractivity contribution in [1.29, 1.82) is 0 Å². The average Bonchev–Trinajstić information content (AvgIpc) is 1.83. The molecule has 0 radical (unpaired) electrons. The van der Waals surface area contributed by atoms with E-state index in [-0.39, 0.29) is 12.3 Å². The van der Waals surface area contributed by atoms with Crippen molar-refractivity contribution in [3.05, 3.63) is 0 Å². The molecular formula is C5H11NOS. The van der Waals surface area contributed by atoms with Gasteiger partial charge in [0.25, 0.3) is 0 Å². The molecule has 0 fully saturated rings. The number of hydrogen-bond donors (Lipinski definition) is 1. The number of hydrogen-bond acceptors (Lipinski definition) is 3. The van der Waals surface area contributed by atoms with Gasteiger partial charge in [-0.2, -0.15) is 11.8 Å². The zero-order chi connectivity index (χ0) is 6.41. The SMILES string of the molecule is CCSCC(=O)CN. The number of carbonyl (C=O) groups excluding carboxylic acids is 1. The van der Waals surface area contributed by atoms with Gasteiger partial charge in [-0.05, 0) is 5.75 Å². The second-order valence-electron chi connectivity index (χ2n) is 1.38. The van der Waals surface area contributed by atoms with Crippen molar-refractivity contribution >= 4 is 17.5 Å². The Bertz CT molecular complexity index is 74.8. The van der Waals surface area contributed by atoms with Crippen molar-refractivity contribution < 1.29 is 4.79 Å². The minimum absolute atomic E-state index is 0.136. The van der Waals surface area contributed by atoms with Gasteiger partial charge < -0.3 is 5.73 Å². The fourth-order valence-corrected chi connectivity index (χ4v) is 0.824. The van der Waals surface area contributed by atoms with E-state index in [1.165, 1.54) is 0 Å². The number of Topliss-reactive ketones (excluding diaryl/α,β-unsaturated/α-hetero) is 1. The molecule has 0 unspecified atom stereocenters. The van der Waals surface area contributed by atoms with Crippen LogP contribution in [0.5, 0.6) is 0 Å². The van der Waals surface area contributed by atoms with E-state index in [1.54, 1.807) is 11.8 Å². The Balaban J connectivity index is 2.99. The molecule has 2 nitrogen and oxygen atoms in total. The summed E-state index contributed by atoms with van der Waals surface area (Å²) in [5.74, 6) is 1.70. The lowest BCUT2D eigenvalue weighted by Gasteiger charge is -1.91. The summed E-state index contributed by atoms with van der Waals surface area (Å²) in [4.78, 5) is 10.4. The van der Waals surface area contributed by atoms with Gasteiger partial charge in [-0.3, -0.25) is 4.79 Å². The van der Waals surface area contributed by atoms with Crippen LogP contribution in [0.15, 0.2) is 0 Å². The van der Waals surface area contributed by atoms with Gasteiger partial charge in [0.1, 0.15) is 0 Å². The second kappa shape index (κ2) is 5.12. The van der Waals surface area contributed by atoms with E-state index in [0.29, 0.717) is 5.75 Å². The topological polar surface area (TPSA) is 43.1 Å². The average molecular weight is 133 g/mol. The van der Waals surface area contributed by atoms with Gasteiger partial charge in [-0.1, -0.05) is 6.92 Å². The van der Waals surface area contributed by atoms with Crippen molar-refractivity contribution in [1.82, 2.24) is 0 Å². The number of ketones is 1. The quantitative estimate of drug-likeness (QED) is 0.598. The largest absolute Gasteiger partial charge is 0.324 e. The molecule has 48 valence electrons. The third-order valence-corrected chi connectivity index (χ3v) is 1.63. The van der Waals surface area contributed by atoms with E-state index >= 15 is 0 Å². The van der Waals surface area contributed by atoms with E-state index in [4.69, 9.17) is 5.73 Å². The Kier molecular flexibility index (Phi) is 5.11. The molecule has 0 spiro atoms. The number of nitrogens with two attached hydrogens (primary N) is 1. The van der Waals surface area contributed by atoms with Crippen molar-refractivity contribution in [2.45, 2.75) is 6.92 Å². The molecule has 0 aliphatic heterocycles. The summed E-state index contributed by atoms with van der Waals surface area (Å²) in [5.41, 5.74) is 5.05. The number of thioether (sulfide) groups is 1. The van der Waals surface area contributed by atoms with Gasteiger partial charge in [0, 0.05) is 0 Å². The molecule has 0 aliphatic carbocycles. The Morgan fingerprint density at radius 3 is 2.75 bits per heavy atom. The Hall–Kier alpha value is -0.0200. The summed E-state index contributed by atoms with van der Waals surface area (Å²) in [7, 11) is 0. The highest BCUT2D eigenvalue weighted by Crippen LogP contribution is 1.96. The molecular weight excluding hydrogens is 122 g/mol. The molecule has 0 aromatic rings. The molecule has 0 saturated carbocycles. The van der Waals surface area contributed by atoms with Crippen LogP contribution in [0.25, 0.3) is 0 Å². The van der Waals surface area contributed by atoms with Gasteiger partial charge in [0.05, 0.1) is 12.3 Å². The molecule has 0 aromatic carbocycles. The Morgan fingerprint density at radius 1 is 1.75 bits per heavy atom. The van der Waals surface area contributed by atoms with E-state index in [1.807, 2.05) is 6.92 Å². The maximum Gasteiger partial charge on any atom is 0.156 e. The van der Waals surface area contributed by atoms with Gasteiger partial charge >= 0.3 is 0 Å². The molecule has 0 rings (SSSR count). The smallest absolute Gasteiger partial charge is 0.156 e. The molecule has 3 heteroatoms. The fourth-order valence-electron chi connectivity index (χ4n) is 0.275. The molecule has 0 heterocycles. The number of rotatable bonds is 4. The van der Waals surface area contributed by atoms with E-state index in [9.17, 15) is 4.79 Å². The molecule has 8 heavy (non-hydrogen) atoms. The van der Waals surface area contributed by atoms with Crippen LogP contribution in [0.1, 0.15) is 6.92 Å². The summed E-state index contributed by atoms with van der Waals surface area (Å²) in [6.45, 7) is 2.21. The zero-order valence-corrected chi connectivity index (χ0v) is 5.83. The second-order valence-corrected chi connectivity index (χ2v) is 2.65. The van der Waals surface area contributed by atoms with E-state index in [2.05, 4.69) is 0 Å². The predicted molar refractivity (Wildman–Crippen MR) is 37.1 cm³/mol. The number of carbonyl (C=O) groups is 1. The third-order valence-electron chi connectivity index (χ3n) is 0.695. The zero-order valence-electron chi connectivity index (χ0n) is 5.02. The van der Waals surface area contributed by atoms with Crippen LogP contribution in [-0.2, 0) is 4.79 Å². The van der Waals surface area contributed by atoms with Crippen LogP contribution < -0.4 is 5.73 Å². The first-order valence-electron chi connectivity index (χ1n) is 2.60. The van der Waals surface area contributed by atoms with Gasteiger partial charge in [0.2, 0.25) is 0 Å². The van der Waals surface area contributed by atoms with Gasteiger partial charge in [0.15, 0.2) is 5.78 Å². The minimum Gasteiger partial charge on any atom is -0.324 e. The lowest BCUT2D eigenvalue weighted by molar-refractivity contribution is -0.115. The molecule has 0 atom stereocenters. The summed E-state index contributed by atoms with van der Waals surface area (Å²) in [6, 6.07) is 0. The Labute approximate surface area is 53.8 Å². The van der Waals surface area contributed by atoms with Crippen LogP contribution in [-0.4, -0.2) is 23.8 Å². The molecule has 2 N–H and O–H groups in total. The van der Waals surface area contributed by atoms with Crippen molar-refractivity contribution in [3.63, 3.8) is 0 Å². The summed E-state index contributed by atoms with van der Waals surface area (Å²) < 4.78 is 0. The molecule has 0 saturated heterocycles. The highest BCUT2D eigenvalue weighted by atomic mass is 32.2. The van der Waals surface area contributed by atoms with Crippen molar-refractivity contribution in [2.24, 2.45) is 5.73 Å².